The van der Waals surface area contributed by atoms with Crippen LogP contribution in [0, 0.1) is 6.07 Å². The van der Waals surface area contributed by atoms with Gasteiger partial charge in [0.25, 0.3) is 0 Å². The molecule has 0 spiro atoms. The summed E-state index contributed by atoms with van der Waals surface area (Å²) < 4.78 is 4.95. The summed E-state index contributed by atoms with van der Waals surface area (Å²) >= 11 is 0. The Morgan fingerprint density at radius 2 is 2.20 bits per heavy atom. The van der Waals surface area contributed by atoms with Crippen molar-refractivity contribution in [1.82, 2.24) is 5.32 Å². The molecule has 1 heterocycles. The molecule has 0 bridgehead atoms. The first-order chi connectivity index (χ1) is 9.10. The molecule has 1 N–H and O–H groups in total. The summed E-state index contributed by atoms with van der Waals surface area (Å²) in [6.07, 6.45) is 0.450. The predicted octanol–water partition coefficient (Wildman–Crippen LogP) is 0.812. The van der Waals surface area contributed by atoms with Crippen molar-refractivity contribution < 1.29 is 40.2 Å². The molecule has 0 radical (unpaired) electrons. The molecule has 1 aliphatic rings. The second kappa shape index (κ2) is 7.19. The van der Waals surface area contributed by atoms with Gasteiger partial charge in [-0.1, -0.05) is 0 Å². The Morgan fingerprint density at radius 3 is 2.75 bits per heavy atom. The maximum absolute atomic E-state index is 11.8. The molecule has 1 aliphatic heterocycles. The van der Waals surface area contributed by atoms with Gasteiger partial charge in [0, 0.05) is 12.2 Å². The van der Waals surface area contributed by atoms with Gasteiger partial charge in [-0.05, 0) is 18.4 Å². The fourth-order valence-corrected chi connectivity index (χ4v) is 1.69. The molecule has 0 saturated carbocycles. The standard InChI is InChI=1S/C13H13N2O4.W/c1-19-9-4-2-8(3-5-9)12(17)14-10-6-7-11(16)15-13(10)18;/h2,4-5,10H,6-7H2,1H3,(H2,14,15,16,17,18);/q-1;+2/p-1. The van der Waals surface area contributed by atoms with E-state index in [9.17, 15) is 14.4 Å². The number of amides is 3. The maximum Gasteiger partial charge on any atom is 2.00 e. The molecule has 1 saturated heterocycles. The van der Waals surface area contributed by atoms with Crippen molar-refractivity contribution in [3.8, 4) is 5.75 Å². The van der Waals surface area contributed by atoms with Gasteiger partial charge in [-0.3, -0.25) is 14.9 Å². The quantitative estimate of drug-likeness (QED) is 0.553. The number of benzene rings is 1. The van der Waals surface area contributed by atoms with E-state index >= 15 is 0 Å². The third-order valence-corrected chi connectivity index (χ3v) is 2.73. The van der Waals surface area contributed by atoms with E-state index in [0.29, 0.717) is 5.75 Å². The minimum atomic E-state index is -0.805. The first-order valence-corrected chi connectivity index (χ1v) is 5.75. The number of carbonyl (C=O) groups is 3. The SMILES string of the molecule is COc1c[c-]c(C(=O)[N-]C2CCC(=O)NC2=O)cc1.[W+2]. The summed E-state index contributed by atoms with van der Waals surface area (Å²) in [7, 11) is 1.51. The fourth-order valence-electron chi connectivity index (χ4n) is 1.69. The van der Waals surface area contributed by atoms with Crippen molar-refractivity contribution in [2.75, 3.05) is 7.11 Å². The van der Waals surface area contributed by atoms with E-state index in [1.165, 1.54) is 19.2 Å². The van der Waals surface area contributed by atoms with Crippen LogP contribution >= 0.6 is 0 Å². The molecule has 7 heteroatoms. The van der Waals surface area contributed by atoms with E-state index in [1.54, 1.807) is 6.07 Å². The topological polar surface area (TPSA) is 86.6 Å². The van der Waals surface area contributed by atoms with Crippen LogP contribution in [0.4, 0.5) is 0 Å². The molecule has 1 atom stereocenters. The second-order valence-corrected chi connectivity index (χ2v) is 4.04. The van der Waals surface area contributed by atoms with Gasteiger partial charge in [0.2, 0.25) is 11.8 Å². The predicted molar refractivity (Wildman–Crippen MR) is 65.7 cm³/mol. The third-order valence-electron chi connectivity index (χ3n) is 2.73. The van der Waals surface area contributed by atoms with Gasteiger partial charge in [0.15, 0.2) is 0 Å². The third kappa shape index (κ3) is 3.90. The minimum absolute atomic E-state index is 0. The average molecular weight is 444 g/mol. The molecule has 2 rings (SSSR count). The van der Waals surface area contributed by atoms with Gasteiger partial charge in [0.05, 0.1) is 7.11 Å². The molecule has 20 heavy (non-hydrogen) atoms. The van der Waals surface area contributed by atoms with E-state index in [0.717, 1.165) is 0 Å². The number of nitrogens with zero attached hydrogens (tertiary/aromatic N) is 1. The molecule has 0 aromatic heterocycles. The monoisotopic (exact) mass is 444 g/mol. The van der Waals surface area contributed by atoms with Gasteiger partial charge in [-0.15, -0.1) is 29.8 Å². The van der Waals surface area contributed by atoms with E-state index in [4.69, 9.17) is 4.74 Å². The summed E-state index contributed by atoms with van der Waals surface area (Å²) in [5.41, 5.74) is 0.255. The zero-order valence-electron chi connectivity index (χ0n) is 10.7. The summed E-state index contributed by atoms with van der Waals surface area (Å²) in [4.78, 5) is 34.3. The van der Waals surface area contributed by atoms with Crippen LogP contribution in [-0.2, 0) is 30.7 Å². The first-order valence-electron chi connectivity index (χ1n) is 5.75. The van der Waals surface area contributed by atoms with Crippen molar-refractivity contribution >= 4 is 17.7 Å². The van der Waals surface area contributed by atoms with Crippen LogP contribution in [0.15, 0.2) is 18.2 Å². The van der Waals surface area contributed by atoms with E-state index < -0.39 is 17.9 Å². The van der Waals surface area contributed by atoms with Crippen LogP contribution in [0.3, 0.4) is 0 Å². The molecule has 1 aromatic carbocycles. The Bertz CT molecular complexity index is 516. The Kier molecular flexibility index (Phi) is 5.89. The molecule has 1 unspecified atom stereocenters. The molecule has 104 valence electrons. The van der Waals surface area contributed by atoms with Crippen LogP contribution in [-0.4, -0.2) is 30.9 Å². The maximum atomic E-state index is 11.8. The first kappa shape index (κ1) is 16.4. The zero-order chi connectivity index (χ0) is 13.8. The van der Waals surface area contributed by atoms with Gasteiger partial charge >= 0.3 is 21.1 Å². The van der Waals surface area contributed by atoms with Gasteiger partial charge in [-0.25, -0.2) is 0 Å². The molecular weight excluding hydrogens is 432 g/mol. The molecular formula is C13H12N2O4W. The molecule has 0 aliphatic carbocycles. The van der Waals surface area contributed by atoms with E-state index in [-0.39, 0.29) is 45.4 Å². The summed E-state index contributed by atoms with van der Waals surface area (Å²) in [5.74, 6) is -0.812. The number of nitrogens with one attached hydrogen (secondary N) is 1. The number of hydrogen-bond donors (Lipinski definition) is 1. The summed E-state index contributed by atoms with van der Waals surface area (Å²) in [6, 6.07) is 6.59. The largest absolute Gasteiger partial charge is 2.00 e. The second-order valence-electron chi connectivity index (χ2n) is 4.04. The van der Waals surface area contributed by atoms with Crippen LogP contribution in [0.25, 0.3) is 5.32 Å². The van der Waals surface area contributed by atoms with Crippen LogP contribution < -0.4 is 10.1 Å². The molecule has 1 aromatic rings. The van der Waals surface area contributed by atoms with Crippen molar-refractivity contribution in [3.63, 3.8) is 0 Å². The van der Waals surface area contributed by atoms with Crippen LogP contribution in [0.1, 0.15) is 23.2 Å². The van der Waals surface area contributed by atoms with Gasteiger partial charge in [0.1, 0.15) is 0 Å². The summed E-state index contributed by atoms with van der Waals surface area (Å²) in [6.45, 7) is 0. The van der Waals surface area contributed by atoms with Crippen molar-refractivity contribution in [2.24, 2.45) is 0 Å². The van der Waals surface area contributed by atoms with Crippen molar-refractivity contribution in [1.29, 1.82) is 0 Å². The summed E-state index contributed by atoms with van der Waals surface area (Å²) in [5, 5.41) is 5.95. The van der Waals surface area contributed by atoms with E-state index in [1.807, 2.05) is 0 Å². The number of ether oxygens (including phenoxy) is 1. The Hall–Kier alpha value is -1.68. The van der Waals surface area contributed by atoms with Crippen LogP contribution in [0.5, 0.6) is 5.75 Å². The molecule has 1 fully saturated rings. The molecule has 6 nitrogen and oxygen atoms in total. The molecule has 3 amide bonds. The minimum Gasteiger partial charge on any atom is -0.684 e. The number of rotatable bonds is 3. The number of piperidine rings is 1. The Morgan fingerprint density at radius 1 is 1.45 bits per heavy atom. The van der Waals surface area contributed by atoms with Crippen molar-refractivity contribution in [2.45, 2.75) is 18.9 Å². The average Bonchev–Trinajstić information content (AvgIpc) is 2.42. The smallest absolute Gasteiger partial charge is 0.684 e. The number of imide groups is 1. The van der Waals surface area contributed by atoms with Gasteiger partial charge in [-0.2, -0.15) is 0 Å². The zero-order valence-corrected chi connectivity index (χ0v) is 13.6. The Balaban J connectivity index is 0.00000200. The van der Waals surface area contributed by atoms with Crippen molar-refractivity contribution in [3.05, 3.63) is 35.1 Å². The fraction of sp³-hybridized carbons (Fsp3) is 0.308. The van der Waals surface area contributed by atoms with E-state index in [2.05, 4.69) is 16.7 Å². The number of carbonyl (C=O) groups excluding carboxylic acids is 3. The Labute approximate surface area is 130 Å². The normalized spacial score (nSPS) is 17.8. The number of methoxy groups -OCH3 is 1. The number of hydrogen-bond acceptors (Lipinski definition) is 4. The van der Waals surface area contributed by atoms with Gasteiger partial charge < -0.3 is 14.8 Å². The van der Waals surface area contributed by atoms with Crippen LogP contribution in [0.2, 0.25) is 0 Å².